The Morgan fingerprint density at radius 1 is 1.42 bits per heavy atom. The van der Waals surface area contributed by atoms with Crippen molar-refractivity contribution < 1.29 is 14.7 Å². The summed E-state index contributed by atoms with van der Waals surface area (Å²) in [5.41, 5.74) is 4.83. The van der Waals surface area contributed by atoms with E-state index in [-0.39, 0.29) is 6.61 Å². The van der Waals surface area contributed by atoms with Crippen molar-refractivity contribution in [2.75, 3.05) is 6.61 Å². The van der Waals surface area contributed by atoms with Gasteiger partial charge in [-0.25, -0.2) is 4.79 Å². The van der Waals surface area contributed by atoms with Crippen molar-refractivity contribution in [3.8, 4) is 0 Å². The summed E-state index contributed by atoms with van der Waals surface area (Å²) in [5.74, 6) is -1.02. The van der Waals surface area contributed by atoms with Crippen LogP contribution in [0, 0.1) is 0 Å². The molecule has 1 aliphatic rings. The minimum atomic E-state index is -0.549. The zero-order chi connectivity index (χ0) is 17.9. The Kier molecular flexibility index (Phi) is 6.04. The summed E-state index contributed by atoms with van der Waals surface area (Å²) in [5, 5.41) is 9.87. The first kappa shape index (κ1) is 18.5. The average molecular weight is 369 g/mol. The van der Waals surface area contributed by atoms with Gasteiger partial charge in [0.1, 0.15) is 0 Å². The second-order valence-electron chi connectivity index (χ2n) is 5.22. The van der Waals surface area contributed by atoms with Gasteiger partial charge in [-0.3, -0.25) is 15.7 Å². The maximum Gasteiger partial charge on any atom is 0.336 e. The second-order valence-corrected chi connectivity index (χ2v) is 6.01. The summed E-state index contributed by atoms with van der Waals surface area (Å²) in [7, 11) is 0. The molecule has 0 fully saturated rings. The maximum absolute atomic E-state index is 12.5. The number of hydroxylamine groups is 1. The average Bonchev–Trinajstić information content (AvgIpc) is 2.52. The van der Waals surface area contributed by atoms with E-state index < -0.39 is 11.9 Å². The number of nitrogens with one attached hydrogen (secondary N) is 1. The molecule has 0 amide bonds. The molecule has 5 nitrogen and oxygen atoms in total. The first-order chi connectivity index (χ1) is 11.4. The van der Waals surface area contributed by atoms with Gasteiger partial charge in [0.05, 0.1) is 22.2 Å². The quantitative estimate of drug-likeness (QED) is 0.615. The van der Waals surface area contributed by atoms with Crippen molar-refractivity contribution in [3.05, 3.63) is 56.9 Å². The van der Waals surface area contributed by atoms with E-state index in [1.807, 2.05) is 5.48 Å². The highest BCUT2D eigenvalue weighted by Crippen LogP contribution is 2.43. The van der Waals surface area contributed by atoms with E-state index in [9.17, 15) is 4.79 Å². The predicted molar refractivity (Wildman–Crippen MR) is 94.7 cm³/mol. The molecule has 0 bridgehead atoms. The number of hydrogen-bond acceptors (Lipinski definition) is 5. The third-order valence-corrected chi connectivity index (χ3v) is 4.58. The van der Waals surface area contributed by atoms with Crippen LogP contribution < -0.4 is 5.48 Å². The number of hydrogen-bond donors (Lipinski definition) is 2. The standard InChI is InChI=1S/C17H18Cl2N2O3/c1-4-24-17(22)14-10(3)21-9(2)12(8-20-23)15(14)11-6-5-7-13(18)16(11)19/h5-8,15,20,23H,4H2,1-3H3. The molecule has 0 aliphatic carbocycles. The summed E-state index contributed by atoms with van der Waals surface area (Å²) >= 11 is 12.5. The minimum absolute atomic E-state index is 0.242. The molecular formula is C17H18Cl2N2O3. The van der Waals surface area contributed by atoms with Gasteiger partial charge in [0.15, 0.2) is 0 Å². The molecular weight excluding hydrogens is 351 g/mol. The van der Waals surface area contributed by atoms with Crippen LogP contribution in [0.4, 0.5) is 0 Å². The number of carbonyl (C=O) groups is 1. The number of allylic oxidation sites excluding steroid dienone is 2. The third-order valence-electron chi connectivity index (χ3n) is 3.75. The Morgan fingerprint density at radius 2 is 2.12 bits per heavy atom. The lowest BCUT2D eigenvalue weighted by Crippen LogP contribution is -2.25. The Morgan fingerprint density at radius 3 is 2.75 bits per heavy atom. The Bertz CT molecular complexity index is 754. The number of nitrogens with zero attached hydrogens (tertiary/aromatic N) is 1. The van der Waals surface area contributed by atoms with Crippen LogP contribution in [0.2, 0.25) is 10.0 Å². The lowest BCUT2D eigenvalue weighted by atomic mass is 9.80. The summed E-state index contributed by atoms with van der Waals surface area (Å²) in [4.78, 5) is 16.9. The van der Waals surface area contributed by atoms with Gasteiger partial charge in [0.2, 0.25) is 0 Å². The molecule has 0 aromatic heterocycles. The van der Waals surface area contributed by atoms with E-state index in [0.29, 0.717) is 38.2 Å². The Hall–Kier alpha value is -1.82. The smallest absolute Gasteiger partial charge is 0.336 e. The molecule has 1 aliphatic heterocycles. The van der Waals surface area contributed by atoms with Crippen LogP contribution in [0.3, 0.4) is 0 Å². The molecule has 1 heterocycles. The van der Waals surface area contributed by atoms with Crippen LogP contribution in [-0.4, -0.2) is 23.5 Å². The first-order valence-electron chi connectivity index (χ1n) is 7.39. The molecule has 1 unspecified atom stereocenters. The largest absolute Gasteiger partial charge is 0.463 e. The van der Waals surface area contributed by atoms with Crippen molar-refractivity contribution >= 4 is 34.9 Å². The fourth-order valence-corrected chi connectivity index (χ4v) is 3.16. The van der Waals surface area contributed by atoms with Crippen molar-refractivity contribution in [2.45, 2.75) is 26.7 Å². The van der Waals surface area contributed by atoms with Crippen molar-refractivity contribution in [3.63, 3.8) is 0 Å². The topological polar surface area (TPSA) is 70.9 Å². The van der Waals surface area contributed by atoms with Crippen LogP contribution >= 0.6 is 23.2 Å². The van der Waals surface area contributed by atoms with Gasteiger partial charge in [-0.2, -0.15) is 0 Å². The molecule has 0 spiro atoms. The molecule has 1 aromatic rings. The zero-order valence-corrected chi connectivity index (χ0v) is 15.1. The number of aliphatic imine (C=N–C) groups is 1. The molecule has 2 rings (SSSR count). The number of esters is 1. The van der Waals surface area contributed by atoms with Gasteiger partial charge in [0.25, 0.3) is 0 Å². The SMILES string of the molecule is CCOC(=O)C1=C(C)N=C(C)C(=CNO)C1c1cccc(Cl)c1Cl. The fourth-order valence-electron chi connectivity index (χ4n) is 2.75. The van der Waals surface area contributed by atoms with Gasteiger partial charge in [0, 0.05) is 29.1 Å². The molecule has 128 valence electrons. The lowest BCUT2D eigenvalue weighted by Gasteiger charge is -2.28. The van der Waals surface area contributed by atoms with E-state index in [1.54, 1.807) is 39.0 Å². The number of halogens is 2. The lowest BCUT2D eigenvalue weighted by molar-refractivity contribution is -0.138. The van der Waals surface area contributed by atoms with Gasteiger partial charge < -0.3 is 4.74 Å². The predicted octanol–water partition coefficient (Wildman–Crippen LogP) is 4.25. The number of ether oxygens (including phenoxy) is 1. The van der Waals surface area contributed by atoms with Gasteiger partial charge in [-0.15, -0.1) is 0 Å². The fraction of sp³-hybridized carbons (Fsp3) is 0.294. The van der Waals surface area contributed by atoms with E-state index in [4.69, 9.17) is 33.1 Å². The number of rotatable bonds is 4. The summed E-state index contributed by atoms with van der Waals surface area (Å²) in [6, 6.07) is 5.22. The van der Waals surface area contributed by atoms with Crippen LogP contribution in [0.25, 0.3) is 0 Å². The first-order valence-corrected chi connectivity index (χ1v) is 8.15. The van der Waals surface area contributed by atoms with E-state index in [0.717, 1.165) is 0 Å². The summed E-state index contributed by atoms with van der Waals surface area (Å²) in [6.45, 7) is 5.51. The Labute approximate surface area is 150 Å². The van der Waals surface area contributed by atoms with Crippen LogP contribution in [0.5, 0.6) is 0 Å². The molecule has 1 atom stereocenters. The van der Waals surface area contributed by atoms with Crippen molar-refractivity contribution in [1.29, 1.82) is 0 Å². The van der Waals surface area contributed by atoms with Crippen LogP contribution in [-0.2, 0) is 9.53 Å². The van der Waals surface area contributed by atoms with E-state index in [2.05, 4.69) is 4.99 Å². The third kappa shape index (κ3) is 3.48. The zero-order valence-electron chi connectivity index (χ0n) is 13.6. The minimum Gasteiger partial charge on any atom is -0.463 e. The summed E-state index contributed by atoms with van der Waals surface area (Å²) in [6.07, 6.45) is 1.38. The normalized spacial score (nSPS) is 19.3. The van der Waals surface area contributed by atoms with Crippen LogP contribution in [0.1, 0.15) is 32.3 Å². The highest BCUT2D eigenvalue weighted by molar-refractivity contribution is 6.42. The van der Waals surface area contributed by atoms with E-state index >= 15 is 0 Å². The molecule has 0 radical (unpaired) electrons. The van der Waals surface area contributed by atoms with Crippen LogP contribution in [0.15, 0.2) is 46.2 Å². The molecule has 24 heavy (non-hydrogen) atoms. The number of benzene rings is 1. The van der Waals surface area contributed by atoms with Gasteiger partial charge in [-0.05, 0) is 32.4 Å². The molecule has 7 heteroatoms. The highest BCUT2D eigenvalue weighted by Gasteiger charge is 2.35. The molecule has 2 N–H and O–H groups in total. The monoisotopic (exact) mass is 368 g/mol. The van der Waals surface area contributed by atoms with Gasteiger partial charge >= 0.3 is 5.97 Å². The van der Waals surface area contributed by atoms with E-state index in [1.165, 1.54) is 6.20 Å². The second kappa shape index (κ2) is 7.83. The summed E-state index contributed by atoms with van der Waals surface area (Å²) < 4.78 is 5.18. The highest BCUT2D eigenvalue weighted by atomic mass is 35.5. The molecule has 0 saturated carbocycles. The van der Waals surface area contributed by atoms with Gasteiger partial charge in [-0.1, -0.05) is 35.3 Å². The van der Waals surface area contributed by atoms with Crippen molar-refractivity contribution in [1.82, 2.24) is 5.48 Å². The number of carbonyl (C=O) groups excluding carboxylic acids is 1. The van der Waals surface area contributed by atoms with Crippen molar-refractivity contribution in [2.24, 2.45) is 4.99 Å². The maximum atomic E-state index is 12.5. The Balaban J connectivity index is 2.72. The molecule has 1 aromatic carbocycles. The molecule has 0 saturated heterocycles.